The van der Waals surface area contributed by atoms with Crippen LogP contribution in [0, 0.1) is 0 Å². The molecular formula is C22H42N4O3. The molecular weight excluding hydrogens is 368 g/mol. The van der Waals surface area contributed by atoms with Gasteiger partial charge in [0.15, 0.2) is 0 Å². The molecule has 0 aliphatic carbocycles. The van der Waals surface area contributed by atoms with E-state index in [0.717, 1.165) is 58.2 Å². The molecule has 0 unspecified atom stereocenters. The van der Waals surface area contributed by atoms with Crippen molar-refractivity contribution >= 4 is 17.7 Å². The molecule has 0 radical (unpaired) electrons. The zero-order valence-corrected chi connectivity index (χ0v) is 18.3. The first kappa shape index (κ1) is 25.4. The van der Waals surface area contributed by atoms with Crippen LogP contribution in [0.3, 0.4) is 0 Å². The predicted octanol–water partition coefficient (Wildman–Crippen LogP) is 2.48. The quantitative estimate of drug-likeness (QED) is 0.320. The summed E-state index contributed by atoms with van der Waals surface area (Å²) in [5.41, 5.74) is 5.25. The number of carbonyl (C=O) groups is 3. The summed E-state index contributed by atoms with van der Waals surface area (Å²) in [6.45, 7) is 5.30. The molecule has 0 saturated carbocycles. The molecule has 3 amide bonds. The van der Waals surface area contributed by atoms with E-state index in [2.05, 4.69) is 17.6 Å². The average Bonchev–Trinajstić information content (AvgIpc) is 3.23. The van der Waals surface area contributed by atoms with Crippen molar-refractivity contribution in [1.29, 1.82) is 0 Å². The van der Waals surface area contributed by atoms with Gasteiger partial charge in [-0.25, -0.2) is 0 Å². The third-order valence-electron chi connectivity index (χ3n) is 5.47. The largest absolute Gasteiger partial charge is 0.370 e. The molecule has 0 bridgehead atoms. The maximum absolute atomic E-state index is 12.6. The second-order valence-corrected chi connectivity index (χ2v) is 8.12. The molecule has 1 saturated heterocycles. The number of nitrogens with one attached hydrogen (secondary N) is 2. The van der Waals surface area contributed by atoms with E-state index in [1.165, 1.54) is 25.7 Å². The van der Waals surface area contributed by atoms with E-state index in [1.54, 1.807) is 0 Å². The minimum atomic E-state index is -0.373. The Morgan fingerprint density at radius 3 is 2.24 bits per heavy atom. The van der Waals surface area contributed by atoms with Gasteiger partial charge < -0.3 is 21.3 Å². The first-order valence-electron chi connectivity index (χ1n) is 11.6. The lowest BCUT2D eigenvalue weighted by atomic mass is 10.1. The average molecular weight is 411 g/mol. The molecule has 7 nitrogen and oxygen atoms in total. The fourth-order valence-corrected chi connectivity index (χ4v) is 3.67. The van der Waals surface area contributed by atoms with Crippen LogP contribution in [0.15, 0.2) is 0 Å². The highest BCUT2D eigenvalue weighted by atomic mass is 16.2. The zero-order chi connectivity index (χ0) is 21.3. The van der Waals surface area contributed by atoms with Crippen LogP contribution in [0.25, 0.3) is 0 Å². The highest BCUT2D eigenvalue weighted by Gasteiger charge is 2.26. The summed E-state index contributed by atoms with van der Waals surface area (Å²) in [6, 6.07) is -0.336. The second kappa shape index (κ2) is 16.2. The van der Waals surface area contributed by atoms with Gasteiger partial charge in [-0.2, -0.15) is 0 Å². The molecule has 0 spiro atoms. The van der Waals surface area contributed by atoms with Crippen molar-refractivity contribution in [3.05, 3.63) is 0 Å². The first-order chi connectivity index (χ1) is 14.0. The third-order valence-corrected chi connectivity index (χ3v) is 5.47. The lowest BCUT2D eigenvalue weighted by molar-refractivity contribution is -0.132. The predicted molar refractivity (Wildman–Crippen MR) is 116 cm³/mol. The van der Waals surface area contributed by atoms with E-state index in [1.807, 2.05) is 4.90 Å². The van der Waals surface area contributed by atoms with Crippen LogP contribution in [0.1, 0.15) is 90.4 Å². The number of hydrogen-bond acceptors (Lipinski definition) is 4. The van der Waals surface area contributed by atoms with Gasteiger partial charge in [-0.15, -0.1) is 0 Å². The van der Waals surface area contributed by atoms with Crippen LogP contribution in [0.4, 0.5) is 0 Å². The molecule has 1 heterocycles. The van der Waals surface area contributed by atoms with Crippen molar-refractivity contribution in [3.8, 4) is 0 Å². The van der Waals surface area contributed by atoms with Crippen LogP contribution in [0.2, 0.25) is 0 Å². The van der Waals surface area contributed by atoms with Crippen molar-refractivity contribution < 1.29 is 14.4 Å². The smallest absolute Gasteiger partial charge is 0.239 e. The summed E-state index contributed by atoms with van der Waals surface area (Å²) in [6.07, 6.45) is 12.0. The number of hydrogen-bond donors (Lipinski definition) is 3. The van der Waals surface area contributed by atoms with Crippen LogP contribution < -0.4 is 16.4 Å². The Labute approximate surface area is 176 Å². The fourth-order valence-electron chi connectivity index (χ4n) is 3.67. The number of unbranched alkanes of at least 4 members (excludes halogenated alkanes) is 6. The molecule has 7 heteroatoms. The van der Waals surface area contributed by atoms with Gasteiger partial charge in [0.1, 0.15) is 0 Å². The Hall–Kier alpha value is -1.63. The number of nitrogens with zero attached hydrogens (tertiary/aromatic N) is 1. The summed E-state index contributed by atoms with van der Waals surface area (Å²) in [7, 11) is 0. The Kier molecular flexibility index (Phi) is 14.2. The van der Waals surface area contributed by atoms with Gasteiger partial charge in [0.05, 0.1) is 6.04 Å². The molecule has 1 aliphatic heterocycles. The number of nitrogens with two attached hydrogens (primary N) is 1. The van der Waals surface area contributed by atoms with Gasteiger partial charge in [0.25, 0.3) is 0 Å². The number of likely N-dealkylation sites (tertiary alicyclic amines) is 1. The number of amides is 3. The van der Waals surface area contributed by atoms with Crippen molar-refractivity contribution in [3.63, 3.8) is 0 Å². The van der Waals surface area contributed by atoms with E-state index < -0.39 is 0 Å². The highest BCUT2D eigenvalue weighted by molar-refractivity contribution is 5.83. The number of rotatable bonds is 17. The van der Waals surface area contributed by atoms with Crippen LogP contribution in [-0.4, -0.2) is 54.8 Å². The molecule has 0 aromatic rings. The van der Waals surface area contributed by atoms with Gasteiger partial charge in [0.2, 0.25) is 17.7 Å². The molecule has 0 aromatic heterocycles. The normalized spacial score (nSPS) is 14.7. The Morgan fingerprint density at radius 2 is 1.55 bits per heavy atom. The van der Waals surface area contributed by atoms with E-state index in [4.69, 9.17) is 5.73 Å². The highest BCUT2D eigenvalue weighted by Crippen LogP contribution is 2.12. The maximum atomic E-state index is 12.6. The van der Waals surface area contributed by atoms with Crippen molar-refractivity contribution in [2.24, 2.45) is 5.73 Å². The molecule has 1 fully saturated rings. The SMILES string of the molecule is CCCCCCCNC(=O)CCCCCN[C@@H](CCC(N)=O)C(=O)N1CCCC1. The van der Waals surface area contributed by atoms with Gasteiger partial charge >= 0.3 is 0 Å². The summed E-state index contributed by atoms with van der Waals surface area (Å²) in [5, 5.41) is 6.29. The monoisotopic (exact) mass is 410 g/mol. The summed E-state index contributed by atoms with van der Waals surface area (Å²) in [4.78, 5) is 37.4. The topological polar surface area (TPSA) is 105 Å². The van der Waals surface area contributed by atoms with E-state index in [9.17, 15) is 14.4 Å². The lowest BCUT2D eigenvalue weighted by Gasteiger charge is -2.24. The van der Waals surface area contributed by atoms with E-state index in [-0.39, 0.29) is 30.2 Å². The second-order valence-electron chi connectivity index (χ2n) is 8.12. The minimum Gasteiger partial charge on any atom is -0.370 e. The molecule has 1 rings (SSSR count). The third kappa shape index (κ3) is 12.5. The maximum Gasteiger partial charge on any atom is 0.239 e. The summed E-state index contributed by atoms with van der Waals surface area (Å²) >= 11 is 0. The summed E-state index contributed by atoms with van der Waals surface area (Å²) < 4.78 is 0. The van der Waals surface area contributed by atoms with Crippen LogP contribution in [-0.2, 0) is 14.4 Å². The molecule has 168 valence electrons. The number of carbonyl (C=O) groups excluding carboxylic acids is 3. The van der Waals surface area contributed by atoms with E-state index >= 15 is 0 Å². The summed E-state index contributed by atoms with van der Waals surface area (Å²) in [5.74, 6) is -0.151. The minimum absolute atomic E-state index is 0.0852. The van der Waals surface area contributed by atoms with Gasteiger partial charge in [0, 0.05) is 32.5 Å². The molecule has 1 atom stereocenters. The molecule has 1 aliphatic rings. The Balaban J connectivity index is 2.12. The first-order valence-corrected chi connectivity index (χ1v) is 11.6. The van der Waals surface area contributed by atoms with Gasteiger partial charge in [-0.3, -0.25) is 14.4 Å². The Bertz CT molecular complexity index is 479. The van der Waals surface area contributed by atoms with Crippen molar-refractivity contribution in [2.75, 3.05) is 26.2 Å². The van der Waals surface area contributed by atoms with Crippen molar-refractivity contribution in [1.82, 2.24) is 15.5 Å². The van der Waals surface area contributed by atoms with Crippen LogP contribution in [0.5, 0.6) is 0 Å². The zero-order valence-electron chi connectivity index (χ0n) is 18.3. The molecule has 0 aromatic carbocycles. The molecule has 29 heavy (non-hydrogen) atoms. The standard InChI is InChI=1S/C22H42N4O3/c1-2-3-4-5-8-16-25-21(28)12-7-6-9-15-24-19(13-14-20(23)27)22(29)26-17-10-11-18-26/h19,24H,2-18H2,1H3,(H2,23,27)(H,25,28)/t19-/m0/s1. The van der Waals surface area contributed by atoms with Gasteiger partial charge in [-0.1, -0.05) is 39.0 Å². The van der Waals surface area contributed by atoms with E-state index in [0.29, 0.717) is 19.4 Å². The Morgan fingerprint density at radius 1 is 0.897 bits per heavy atom. The number of primary amides is 1. The van der Waals surface area contributed by atoms with Gasteiger partial charge in [-0.05, 0) is 45.1 Å². The van der Waals surface area contributed by atoms with Crippen LogP contribution >= 0.6 is 0 Å². The fraction of sp³-hybridized carbons (Fsp3) is 0.864. The molecule has 4 N–H and O–H groups in total. The lowest BCUT2D eigenvalue weighted by Crippen LogP contribution is -2.46. The van der Waals surface area contributed by atoms with Crippen molar-refractivity contribution in [2.45, 2.75) is 96.4 Å².